The Morgan fingerprint density at radius 2 is 1.50 bits per heavy atom. The number of benzene rings is 4. The Bertz CT molecular complexity index is 1640. The quantitative estimate of drug-likeness (QED) is 0.150. The molecule has 0 aliphatic heterocycles. The molecule has 0 fully saturated rings. The van der Waals surface area contributed by atoms with Crippen molar-refractivity contribution < 1.29 is 14.3 Å². The minimum atomic E-state index is -0.127. The van der Waals surface area contributed by atoms with Crippen LogP contribution >= 0.6 is 23.5 Å². The number of nitrogens with one attached hydrogen (secondary N) is 3. The van der Waals surface area contributed by atoms with Crippen LogP contribution in [0.15, 0.2) is 95.9 Å². The van der Waals surface area contributed by atoms with Gasteiger partial charge in [-0.05, 0) is 60.0 Å². The molecule has 0 spiro atoms. The van der Waals surface area contributed by atoms with Crippen LogP contribution < -0.4 is 24.8 Å². The van der Waals surface area contributed by atoms with Crippen molar-refractivity contribution in [2.45, 2.75) is 11.3 Å². The number of rotatable bonds is 10. The van der Waals surface area contributed by atoms with E-state index in [4.69, 9.17) is 31.0 Å². The maximum absolute atomic E-state index is 12.6. The van der Waals surface area contributed by atoms with Crippen LogP contribution in [-0.2, 0) is 11.2 Å². The van der Waals surface area contributed by atoms with Gasteiger partial charge in [0.25, 0.3) is 0 Å². The summed E-state index contributed by atoms with van der Waals surface area (Å²) in [4.78, 5) is 23.1. The van der Waals surface area contributed by atoms with Crippen LogP contribution in [0.3, 0.4) is 0 Å². The highest BCUT2D eigenvalue weighted by Gasteiger charge is 2.12. The Hall–Kier alpha value is -4.47. The molecule has 1 heterocycles. The standard InChI is InChI=1S/C30H26ClN5O3S/c1-38-23-15-22(16-24(18-23)39-2)33-29-30(35-27-12-4-3-11-26(27)34-29)36-40-25-10-6-9-21(17-25)32-28(37)14-19-7-5-8-20(31)13-19/h3-13,15-18H,14H2,1-2H3,(H,32,37)(H,33,34)(H,35,36). The van der Waals surface area contributed by atoms with Crippen LogP contribution in [0.1, 0.15) is 5.56 Å². The number of ether oxygens (including phenoxy) is 2. The number of anilines is 4. The Morgan fingerprint density at radius 1 is 0.800 bits per heavy atom. The third-order valence-corrected chi connectivity index (χ3v) is 6.84. The lowest BCUT2D eigenvalue weighted by Crippen LogP contribution is -2.14. The molecule has 0 saturated carbocycles. The molecule has 3 N–H and O–H groups in total. The number of carbonyl (C=O) groups excluding carboxylic acids is 1. The molecule has 1 amide bonds. The number of fused-ring (bicyclic) bond motifs is 1. The van der Waals surface area contributed by atoms with Gasteiger partial charge in [0.05, 0.1) is 31.7 Å². The van der Waals surface area contributed by atoms with E-state index in [0.717, 1.165) is 27.2 Å². The number of amides is 1. The lowest BCUT2D eigenvalue weighted by Gasteiger charge is -2.15. The highest BCUT2D eigenvalue weighted by Crippen LogP contribution is 2.32. The lowest BCUT2D eigenvalue weighted by atomic mass is 10.1. The van der Waals surface area contributed by atoms with Gasteiger partial charge in [-0.3, -0.25) is 4.79 Å². The summed E-state index contributed by atoms with van der Waals surface area (Å²) in [5.41, 5.74) is 3.77. The van der Waals surface area contributed by atoms with E-state index < -0.39 is 0 Å². The zero-order chi connectivity index (χ0) is 27.9. The zero-order valence-electron chi connectivity index (χ0n) is 21.8. The van der Waals surface area contributed by atoms with Gasteiger partial charge in [-0.15, -0.1) is 0 Å². The molecule has 0 saturated heterocycles. The SMILES string of the molecule is COc1cc(Nc2nc3ccccc3nc2NSc2cccc(NC(=O)Cc3cccc(Cl)c3)c2)cc(OC)c1. The van der Waals surface area contributed by atoms with Crippen LogP contribution in [0, 0.1) is 0 Å². The van der Waals surface area contributed by atoms with Crippen LogP contribution in [0.25, 0.3) is 11.0 Å². The predicted molar refractivity (Wildman–Crippen MR) is 162 cm³/mol. The Balaban J connectivity index is 1.34. The van der Waals surface area contributed by atoms with Crippen molar-refractivity contribution in [3.05, 3.63) is 102 Å². The molecule has 0 radical (unpaired) electrons. The fraction of sp³-hybridized carbons (Fsp3) is 0.100. The van der Waals surface area contributed by atoms with Crippen LogP contribution in [0.4, 0.5) is 23.0 Å². The minimum Gasteiger partial charge on any atom is -0.497 e. The first-order valence-electron chi connectivity index (χ1n) is 12.3. The second kappa shape index (κ2) is 12.6. The van der Waals surface area contributed by atoms with E-state index in [9.17, 15) is 4.79 Å². The van der Waals surface area contributed by atoms with Gasteiger partial charge in [0, 0.05) is 39.5 Å². The fourth-order valence-corrected chi connectivity index (χ4v) is 4.86. The van der Waals surface area contributed by atoms with Gasteiger partial charge in [-0.1, -0.05) is 41.9 Å². The molecule has 202 valence electrons. The molecule has 5 rings (SSSR count). The lowest BCUT2D eigenvalue weighted by molar-refractivity contribution is -0.115. The summed E-state index contributed by atoms with van der Waals surface area (Å²) in [6.07, 6.45) is 0.229. The monoisotopic (exact) mass is 571 g/mol. The predicted octanol–water partition coefficient (Wildman–Crippen LogP) is 7.34. The molecular weight excluding hydrogens is 546 g/mol. The van der Waals surface area contributed by atoms with E-state index in [1.165, 1.54) is 11.9 Å². The van der Waals surface area contributed by atoms with Gasteiger partial charge >= 0.3 is 0 Å². The number of halogens is 1. The summed E-state index contributed by atoms with van der Waals surface area (Å²) < 4.78 is 14.1. The number of aromatic nitrogens is 2. The number of methoxy groups -OCH3 is 2. The molecule has 0 aliphatic rings. The van der Waals surface area contributed by atoms with Crippen molar-refractivity contribution in [1.82, 2.24) is 9.97 Å². The summed E-state index contributed by atoms with van der Waals surface area (Å²) in [6, 6.07) is 28.0. The van der Waals surface area contributed by atoms with Crippen molar-refractivity contribution >= 4 is 63.5 Å². The largest absolute Gasteiger partial charge is 0.497 e. The van der Waals surface area contributed by atoms with Crippen molar-refractivity contribution in [2.75, 3.05) is 29.6 Å². The van der Waals surface area contributed by atoms with E-state index in [1.54, 1.807) is 32.4 Å². The number of para-hydroxylation sites is 2. The van der Waals surface area contributed by atoms with Gasteiger partial charge in [0.15, 0.2) is 11.6 Å². The van der Waals surface area contributed by atoms with Crippen LogP contribution in [0.2, 0.25) is 5.02 Å². The van der Waals surface area contributed by atoms with E-state index in [-0.39, 0.29) is 12.3 Å². The molecule has 0 atom stereocenters. The molecule has 4 aromatic carbocycles. The summed E-state index contributed by atoms with van der Waals surface area (Å²) in [7, 11) is 3.21. The highest BCUT2D eigenvalue weighted by molar-refractivity contribution is 8.00. The van der Waals surface area contributed by atoms with E-state index in [2.05, 4.69) is 15.4 Å². The van der Waals surface area contributed by atoms with Crippen molar-refractivity contribution in [3.8, 4) is 11.5 Å². The van der Waals surface area contributed by atoms with Crippen molar-refractivity contribution in [2.24, 2.45) is 0 Å². The zero-order valence-corrected chi connectivity index (χ0v) is 23.3. The average molecular weight is 572 g/mol. The molecule has 40 heavy (non-hydrogen) atoms. The molecule has 10 heteroatoms. The molecule has 0 bridgehead atoms. The number of hydrogen-bond acceptors (Lipinski definition) is 8. The molecule has 8 nitrogen and oxygen atoms in total. The molecule has 1 aromatic heterocycles. The topological polar surface area (TPSA) is 97.4 Å². The van der Waals surface area contributed by atoms with Gasteiger partial charge in [-0.2, -0.15) is 0 Å². The Morgan fingerprint density at radius 3 is 2.20 bits per heavy atom. The number of hydrogen-bond donors (Lipinski definition) is 3. The second-order valence-electron chi connectivity index (χ2n) is 8.72. The normalized spacial score (nSPS) is 10.7. The Kier molecular flexibility index (Phi) is 8.53. The number of carbonyl (C=O) groups is 1. The van der Waals surface area contributed by atoms with Crippen molar-refractivity contribution in [3.63, 3.8) is 0 Å². The fourth-order valence-electron chi connectivity index (χ4n) is 3.96. The smallest absolute Gasteiger partial charge is 0.228 e. The first-order chi connectivity index (χ1) is 19.5. The summed E-state index contributed by atoms with van der Waals surface area (Å²) in [5.74, 6) is 2.24. The third-order valence-electron chi connectivity index (χ3n) is 5.82. The maximum atomic E-state index is 12.6. The molecule has 0 unspecified atom stereocenters. The summed E-state index contributed by atoms with van der Waals surface area (Å²) in [6.45, 7) is 0. The second-order valence-corrected chi connectivity index (χ2v) is 10.0. The average Bonchev–Trinajstić information content (AvgIpc) is 2.96. The Labute approximate surface area is 241 Å². The maximum Gasteiger partial charge on any atom is 0.228 e. The molecule has 5 aromatic rings. The third kappa shape index (κ3) is 6.93. The van der Waals surface area contributed by atoms with Crippen LogP contribution in [0.5, 0.6) is 11.5 Å². The van der Waals surface area contributed by atoms with E-state index in [1.807, 2.05) is 72.8 Å². The van der Waals surface area contributed by atoms with Gasteiger partial charge < -0.3 is 24.8 Å². The van der Waals surface area contributed by atoms with E-state index >= 15 is 0 Å². The first kappa shape index (κ1) is 27.1. The minimum absolute atomic E-state index is 0.127. The van der Waals surface area contributed by atoms with Crippen molar-refractivity contribution in [1.29, 1.82) is 0 Å². The number of nitrogens with zero attached hydrogens (tertiary/aromatic N) is 2. The first-order valence-corrected chi connectivity index (χ1v) is 13.5. The van der Waals surface area contributed by atoms with Gasteiger partial charge in [-0.25, -0.2) is 9.97 Å². The van der Waals surface area contributed by atoms with Gasteiger partial charge in [0.1, 0.15) is 11.5 Å². The summed E-state index contributed by atoms with van der Waals surface area (Å²) >= 11 is 7.40. The van der Waals surface area contributed by atoms with Crippen LogP contribution in [-0.4, -0.2) is 30.1 Å². The molecule has 0 aliphatic carbocycles. The summed E-state index contributed by atoms with van der Waals surface area (Å²) in [5, 5.41) is 6.89. The molecular formula is C30H26ClN5O3S. The van der Waals surface area contributed by atoms with E-state index in [0.29, 0.717) is 33.8 Å². The van der Waals surface area contributed by atoms with Gasteiger partial charge in [0.2, 0.25) is 5.91 Å². The highest BCUT2D eigenvalue weighted by atomic mass is 35.5.